The molecule has 0 unspecified atom stereocenters. The first-order valence-corrected chi connectivity index (χ1v) is 3.52. The van der Waals surface area contributed by atoms with Crippen LogP contribution in [-0.2, 0) is 9.47 Å². The van der Waals surface area contributed by atoms with Gasteiger partial charge >= 0.3 is 12.3 Å². The summed E-state index contributed by atoms with van der Waals surface area (Å²) in [5.74, 6) is -0.596. The normalized spacial score (nSPS) is 15.1. The number of carboxylic acid groups (broad SMARTS) is 2. The van der Waals surface area contributed by atoms with Crippen LogP contribution < -0.4 is 0 Å². The van der Waals surface area contributed by atoms with Gasteiger partial charge in [0.25, 0.3) is 5.88 Å². The van der Waals surface area contributed by atoms with Crippen molar-refractivity contribution >= 4 is 12.3 Å². The molecule has 0 aromatic rings. The molecule has 0 atom stereocenters. The summed E-state index contributed by atoms with van der Waals surface area (Å²) in [7, 11) is 0. The van der Waals surface area contributed by atoms with Gasteiger partial charge in [-0.05, 0) is 0 Å². The maximum absolute atomic E-state index is 10.2. The third-order valence-corrected chi connectivity index (χ3v) is 1.23. The Morgan fingerprint density at radius 3 is 2.43 bits per heavy atom. The number of hydrogen-bond donors (Lipinski definition) is 2. The van der Waals surface area contributed by atoms with Crippen molar-refractivity contribution in [2.45, 2.75) is 6.42 Å². The topological polar surface area (TPSA) is 118 Å². The molecule has 76 valence electrons. The zero-order valence-electron chi connectivity index (χ0n) is 6.84. The fourth-order valence-electron chi connectivity index (χ4n) is 0.789. The van der Waals surface area contributed by atoms with Crippen LogP contribution in [0.4, 0.5) is 9.59 Å². The predicted octanol–water partition coefficient (Wildman–Crippen LogP) is 1.40. The molecule has 0 spiro atoms. The van der Waals surface area contributed by atoms with Gasteiger partial charge < -0.3 is 19.7 Å². The smallest absolute Gasteiger partial charge is 0.449 e. The van der Waals surface area contributed by atoms with Crippen molar-refractivity contribution in [2.24, 2.45) is 10.2 Å². The lowest BCUT2D eigenvalue weighted by Gasteiger charge is -2.10. The largest absolute Gasteiger partial charge is 0.512 e. The minimum Gasteiger partial charge on any atom is -0.449 e. The molecule has 2 N–H and O–H groups in total. The zero-order chi connectivity index (χ0) is 10.6. The molecule has 0 saturated carbocycles. The number of azo groups is 1. The van der Waals surface area contributed by atoms with E-state index in [2.05, 4.69) is 19.7 Å². The van der Waals surface area contributed by atoms with Crippen LogP contribution in [0.2, 0.25) is 0 Å². The molecule has 0 aliphatic carbocycles. The van der Waals surface area contributed by atoms with Crippen LogP contribution in [0, 0.1) is 0 Å². The van der Waals surface area contributed by atoms with Gasteiger partial charge in [0.05, 0.1) is 6.54 Å². The molecule has 8 heteroatoms. The third-order valence-electron chi connectivity index (χ3n) is 1.23. The van der Waals surface area contributed by atoms with E-state index in [-0.39, 0.29) is 18.7 Å². The van der Waals surface area contributed by atoms with Crippen LogP contribution in [0.5, 0.6) is 0 Å². The first kappa shape index (κ1) is 9.96. The minimum atomic E-state index is -1.60. The highest BCUT2D eigenvalue weighted by molar-refractivity contribution is 5.60. The summed E-state index contributed by atoms with van der Waals surface area (Å²) in [6.45, 7) is 0.231. The first-order valence-electron chi connectivity index (χ1n) is 3.52. The van der Waals surface area contributed by atoms with Crippen LogP contribution in [0.1, 0.15) is 6.42 Å². The molecule has 0 fully saturated rings. The van der Waals surface area contributed by atoms with Crippen molar-refractivity contribution in [2.75, 3.05) is 6.54 Å². The summed E-state index contributed by atoms with van der Waals surface area (Å²) >= 11 is 0. The standard InChI is InChI=1S/C6H6N2O6/c9-5(10)13-3-1-2-7-8-4(3)14-6(11)12/h1-2H2,(H,9,10)(H,11,12). The van der Waals surface area contributed by atoms with Crippen molar-refractivity contribution in [3.63, 3.8) is 0 Å². The zero-order valence-corrected chi connectivity index (χ0v) is 6.84. The van der Waals surface area contributed by atoms with Gasteiger partial charge in [0, 0.05) is 6.42 Å². The molecule has 14 heavy (non-hydrogen) atoms. The van der Waals surface area contributed by atoms with Gasteiger partial charge in [0.2, 0.25) is 0 Å². The Hall–Kier alpha value is -2.12. The lowest BCUT2D eigenvalue weighted by Crippen LogP contribution is -2.10. The number of hydrogen-bond acceptors (Lipinski definition) is 6. The molecule has 0 amide bonds. The summed E-state index contributed by atoms with van der Waals surface area (Å²) < 4.78 is 8.41. The van der Waals surface area contributed by atoms with Crippen LogP contribution in [0.3, 0.4) is 0 Å². The second-order valence-electron chi connectivity index (χ2n) is 2.18. The van der Waals surface area contributed by atoms with E-state index in [0.29, 0.717) is 0 Å². The fraction of sp³-hybridized carbons (Fsp3) is 0.333. The molecule has 1 heterocycles. The molecule has 8 nitrogen and oxygen atoms in total. The van der Waals surface area contributed by atoms with Crippen LogP contribution >= 0.6 is 0 Å². The van der Waals surface area contributed by atoms with Gasteiger partial charge in [-0.1, -0.05) is 0 Å². The minimum absolute atomic E-state index is 0.137. The Balaban J connectivity index is 2.80. The molecule has 0 radical (unpaired) electrons. The molecule has 0 saturated heterocycles. The number of ether oxygens (including phenoxy) is 2. The molecule has 1 rings (SSSR count). The van der Waals surface area contributed by atoms with E-state index in [4.69, 9.17) is 10.2 Å². The van der Waals surface area contributed by atoms with Gasteiger partial charge in [-0.3, -0.25) is 0 Å². The van der Waals surface area contributed by atoms with Gasteiger partial charge in [-0.15, -0.1) is 5.11 Å². The molecule has 0 aromatic carbocycles. The Labute approximate surface area is 77.5 Å². The van der Waals surface area contributed by atoms with Crippen LogP contribution in [-0.4, -0.2) is 29.1 Å². The SMILES string of the molecule is O=C(O)OC1=C(OC(=O)O)N=NCC1. The molecular formula is C6H6N2O6. The van der Waals surface area contributed by atoms with E-state index in [1.807, 2.05) is 0 Å². The highest BCUT2D eigenvalue weighted by atomic mass is 16.7. The Kier molecular flexibility index (Phi) is 3.00. The molecular weight excluding hydrogens is 196 g/mol. The van der Waals surface area contributed by atoms with E-state index in [0.717, 1.165) is 0 Å². The molecule has 1 aliphatic rings. The van der Waals surface area contributed by atoms with Gasteiger partial charge in [0.15, 0.2) is 5.76 Å². The van der Waals surface area contributed by atoms with E-state index < -0.39 is 18.2 Å². The van der Waals surface area contributed by atoms with Crippen molar-refractivity contribution < 1.29 is 29.3 Å². The Morgan fingerprint density at radius 1 is 1.21 bits per heavy atom. The van der Waals surface area contributed by atoms with Gasteiger partial charge in [0.1, 0.15) is 0 Å². The van der Waals surface area contributed by atoms with Crippen molar-refractivity contribution in [3.8, 4) is 0 Å². The second-order valence-corrected chi connectivity index (χ2v) is 2.18. The first-order chi connectivity index (χ1) is 6.59. The van der Waals surface area contributed by atoms with E-state index in [1.165, 1.54) is 0 Å². The highest BCUT2D eigenvalue weighted by Gasteiger charge is 2.19. The predicted molar refractivity (Wildman–Crippen MR) is 39.6 cm³/mol. The summed E-state index contributed by atoms with van der Waals surface area (Å²) in [5.41, 5.74) is 0. The number of rotatable bonds is 2. The average Bonchev–Trinajstić information content (AvgIpc) is 2.06. The molecule has 1 aliphatic heterocycles. The maximum atomic E-state index is 10.2. The number of nitrogens with zero attached hydrogens (tertiary/aromatic N) is 2. The summed E-state index contributed by atoms with van der Waals surface area (Å²) in [6.07, 6.45) is -3.02. The summed E-state index contributed by atoms with van der Waals surface area (Å²) in [5, 5.41) is 23.3. The average molecular weight is 202 g/mol. The maximum Gasteiger partial charge on any atom is 0.512 e. The lowest BCUT2D eigenvalue weighted by atomic mass is 10.3. The van der Waals surface area contributed by atoms with Crippen molar-refractivity contribution in [3.05, 3.63) is 11.6 Å². The highest BCUT2D eigenvalue weighted by Crippen LogP contribution is 2.18. The third kappa shape index (κ3) is 2.73. The van der Waals surface area contributed by atoms with Gasteiger partial charge in [-0.2, -0.15) is 5.11 Å². The fourth-order valence-corrected chi connectivity index (χ4v) is 0.789. The summed E-state index contributed by atoms with van der Waals surface area (Å²) in [4.78, 5) is 20.3. The second kappa shape index (κ2) is 4.21. The van der Waals surface area contributed by atoms with E-state index in [9.17, 15) is 9.59 Å². The lowest BCUT2D eigenvalue weighted by molar-refractivity contribution is 0.0919. The van der Waals surface area contributed by atoms with Crippen LogP contribution in [0.25, 0.3) is 0 Å². The van der Waals surface area contributed by atoms with Gasteiger partial charge in [-0.25, -0.2) is 9.59 Å². The van der Waals surface area contributed by atoms with E-state index >= 15 is 0 Å². The van der Waals surface area contributed by atoms with Crippen LogP contribution in [0.15, 0.2) is 21.9 Å². The summed E-state index contributed by atoms with van der Waals surface area (Å²) in [6, 6.07) is 0. The molecule has 0 bridgehead atoms. The monoisotopic (exact) mass is 202 g/mol. The Bertz CT molecular complexity index is 320. The quantitative estimate of drug-likeness (QED) is 0.653. The Morgan fingerprint density at radius 2 is 1.86 bits per heavy atom. The van der Waals surface area contributed by atoms with Crippen molar-refractivity contribution in [1.82, 2.24) is 0 Å². The van der Waals surface area contributed by atoms with E-state index in [1.54, 1.807) is 0 Å². The number of carbonyl (C=O) groups is 2. The molecule has 0 aromatic heterocycles. The van der Waals surface area contributed by atoms with Crippen molar-refractivity contribution in [1.29, 1.82) is 0 Å².